The molecule has 3 aromatic carbocycles. The Balaban J connectivity index is 1.78. The number of nitrogens with one attached hydrogen (secondary N) is 1. The minimum atomic E-state index is -4.40. The van der Waals surface area contributed by atoms with E-state index in [0.717, 1.165) is 12.1 Å². The van der Waals surface area contributed by atoms with Gasteiger partial charge in [-0.3, -0.25) is 4.79 Å². The molecule has 0 aliphatic heterocycles. The topological polar surface area (TPSA) is 58.6 Å². The molecule has 0 saturated carbocycles. The van der Waals surface area contributed by atoms with E-state index in [9.17, 15) is 23.1 Å². The molecule has 0 amide bonds. The van der Waals surface area contributed by atoms with Gasteiger partial charge in [-0.05, 0) is 53.6 Å². The quantitative estimate of drug-likeness (QED) is 0.392. The first-order valence-electron chi connectivity index (χ1n) is 8.98. The van der Waals surface area contributed by atoms with Crippen LogP contribution in [-0.4, -0.2) is 11.1 Å². The number of alkyl halides is 3. The number of carboxylic acids is 1. The van der Waals surface area contributed by atoms with Crippen LogP contribution >= 0.6 is 23.2 Å². The SMILES string of the molecule is O=C(O)Cc1cc(OCc2ccc(C(F)(F)F)cc2)ccc1Nc1c(Cl)cccc1Cl. The van der Waals surface area contributed by atoms with Gasteiger partial charge in [-0.15, -0.1) is 0 Å². The highest BCUT2D eigenvalue weighted by atomic mass is 35.5. The minimum Gasteiger partial charge on any atom is -0.489 e. The lowest BCUT2D eigenvalue weighted by Crippen LogP contribution is -2.06. The Morgan fingerprint density at radius 3 is 2.23 bits per heavy atom. The van der Waals surface area contributed by atoms with E-state index in [-0.39, 0.29) is 13.0 Å². The number of para-hydroxylation sites is 1. The van der Waals surface area contributed by atoms with Crippen LogP contribution < -0.4 is 10.1 Å². The summed E-state index contributed by atoms with van der Waals surface area (Å²) >= 11 is 12.3. The van der Waals surface area contributed by atoms with Crippen LogP contribution in [0.2, 0.25) is 10.0 Å². The predicted octanol–water partition coefficient (Wildman–Crippen LogP) is 6.96. The molecule has 0 spiro atoms. The average molecular weight is 470 g/mol. The molecule has 3 rings (SSSR count). The van der Waals surface area contributed by atoms with Gasteiger partial charge in [0.2, 0.25) is 0 Å². The van der Waals surface area contributed by atoms with Crippen molar-refractivity contribution >= 4 is 40.5 Å². The van der Waals surface area contributed by atoms with Crippen LogP contribution in [0.1, 0.15) is 16.7 Å². The summed E-state index contributed by atoms with van der Waals surface area (Å²) in [6.07, 6.45) is -4.69. The van der Waals surface area contributed by atoms with E-state index in [1.54, 1.807) is 36.4 Å². The van der Waals surface area contributed by atoms with Crippen LogP contribution in [-0.2, 0) is 24.0 Å². The zero-order chi connectivity index (χ0) is 22.6. The molecule has 0 fully saturated rings. The van der Waals surface area contributed by atoms with Gasteiger partial charge in [-0.25, -0.2) is 0 Å². The standard InChI is InChI=1S/C22H16Cl2F3NO3/c23-17-2-1-3-18(24)21(17)28-19-9-8-16(10-14(19)11-20(29)30)31-12-13-4-6-15(7-5-13)22(25,26)27/h1-10,28H,11-12H2,(H,29,30). The van der Waals surface area contributed by atoms with Gasteiger partial charge in [-0.2, -0.15) is 13.2 Å². The second-order valence-electron chi connectivity index (χ2n) is 6.59. The highest BCUT2D eigenvalue weighted by Crippen LogP contribution is 2.35. The maximum Gasteiger partial charge on any atom is 0.416 e. The second kappa shape index (κ2) is 9.49. The van der Waals surface area contributed by atoms with Crippen LogP contribution in [0.25, 0.3) is 0 Å². The Labute approximate surface area is 186 Å². The number of hydrogen-bond donors (Lipinski definition) is 2. The van der Waals surface area contributed by atoms with Crippen LogP contribution in [0.15, 0.2) is 60.7 Å². The number of halogens is 5. The van der Waals surface area contributed by atoms with Gasteiger partial charge in [0.25, 0.3) is 0 Å². The van der Waals surface area contributed by atoms with Crippen molar-refractivity contribution in [3.05, 3.63) is 87.4 Å². The third kappa shape index (κ3) is 6.06. The molecule has 3 aromatic rings. The van der Waals surface area contributed by atoms with Crippen LogP contribution in [0, 0.1) is 0 Å². The highest BCUT2D eigenvalue weighted by Gasteiger charge is 2.29. The van der Waals surface area contributed by atoms with Gasteiger partial charge >= 0.3 is 12.1 Å². The van der Waals surface area contributed by atoms with Gasteiger partial charge in [0, 0.05) is 5.69 Å². The molecule has 4 nitrogen and oxygen atoms in total. The molecule has 0 saturated heterocycles. The first-order chi connectivity index (χ1) is 14.6. The number of hydrogen-bond acceptors (Lipinski definition) is 3. The van der Waals surface area contributed by atoms with Crippen molar-refractivity contribution in [1.82, 2.24) is 0 Å². The first kappa shape index (κ1) is 22.8. The number of aliphatic carboxylic acids is 1. The maximum absolute atomic E-state index is 12.7. The monoisotopic (exact) mass is 469 g/mol. The Kier molecular flexibility index (Phi) is 6.97. The largest absolute Gasteiger partial charge is 0.489 e. The summed E-state index contributed by atoms with van der Waals surface area (Å²) in [5, 5.41) is 13.0. The Hall–Kier alpha value is -2.90. The predicted molar refractivity (Wildman–Crippen MR) is 113 cm³/mol. The van der Waals surface area contributed by atoms with E-state index in [1.165, 1.54) is 12.1 Å². The molecule has 0 unspecified atom stereocenters. The van der Waals surface area contributed by atoms with Crippen LogP contribution in [0.5, 0.6) is 5.75 Å². The fourth-order valence-electron chi connectivity index (χ4n) is 2.80. The molecular formula is C22H16Cl2F3NO3. The molecular weight excluding hydrogens is 454 g/mol. The summed E-state index contributed by atoms with van der Waals surface area (Å²) in [5.41, 5.74) is 1.15. The number of rotatable bonds is 7. The van der Waals surface area contributed by atoms with E-state index < -0.39 is 17.7 Å². The lowest BCUT2D eigenvalue weighted by molar-refractivity contribution is -0.138. The van der Waals surface area contributed by atoms with Gasteiger partial charge in [0.05, 0.1) is 27.7 Å². The van der Waals surface area contributed by atoms with E-state index >= 15 is 0 Å². The minimum absolute atomic E-state index is 0.0216. The lowest BCUT2D eigenvalue weighted by atomic mass is 10.1. The average Bonchev–Trinajstić information content (AvgIpc) is 2.70. The molecule has 0 radical (unpaired) electrons. The Bertz CT molecular complexity index is 1070. The summed E-state index contributed by atoms with van der Waals surface area (Å²) < 4.78 is 43.6. The summed E-state index contributed by atoms with van der Waals surface area (Å²) in [6, 6.07) is 14.4. The molecule has 9 heteroatoms. The zero-order valence-corrected chi connectivity index (χ0v) is 17.4. The molecule has 31 heavy (non-hydrogen) atoms. The third-order valence-corrected chi connectivity index (χ3v) is 4.96. The van der Waals surface area contributed by atoms with Crippen molar-refractivity contribution in [2.75, 3.05) is 5.32 Å². The summed E-state index contributed by atoms with van der Waals surface area (Å²) in [5.74, 6) is -0.680. The van der Waals surface area contributed by atoms with E-state index in [1.807, 2.05) is 0 Å². The number of carboxylic acid groups (broad SMARTS) is 1. The third-order valence-electron chi connectivity index (χ3n) is 4.33. The van der Waals surface area contributed by atoms with Crippen LogP contribution in [0.4, 0.5) is 24.5 Å². The summed E-state index contributed by atoms with van der Waals surface area (Å²) in [4.78, 5) is 11.3. The van der Waals surface area contributed by atoms with Gasteiger partial charge < -0.3 is 15.2 Å². The molecule has 0 aromatic heterocycles. The van der Waals surface area contributed by atoms with Crippen molar-refractivity contribution in [3.63, 3.8) is 0 Å². The summed E-state index contributed by atoms with van der Waals surface area (Å²) in [7, 11) is 0. The molecule has 0 aliphatic carbocycles. The maximum atomic E-state index is 12.7. The van der Waals surface area contributed by atoms with Crippen molar-refractivity contribution in [1.29, 1.82) is 0 Å². The highest BCUT2D eigenvalue weighted by molar-refractivity contribution is 6.39. The molecule has 0 bridgehead atoms. The fraction of sp³-hybridized carbons (Fsp3) is 0.136. The number of carbonyl (C=O) groups is 1. The number of anilines is 2. The summed E-state index contributed by atoms with van der Waals surface area (Å²) in [6.45, 7) is 0.0216. The molecule has 2 N–H and O–H groups in total. The molecule has 0 aliphatic rings. The Morgan fingerprint density at radius 1 is 1.00 bits per heavy atom. The smallest absolute Gasteiger partial charge is 0.416 e. The first-order valence-corrected chi connectivity index (χ1v) is 9.74. The van der Waals surface area contributed by atoms with Crippen LogP contribution in [0.3, 0.4) is 0 Å². The van der Waals surface area contributed by atoms with Crippen molar-refractivity contribution in [2.45, 2.75) is 19.2 Å². The lowest BCUT2D eigenvalue weighted by Gasteiger charge is -2.15. The van der Waals surface area contributed by atoms with Crippen molar-refractivity contribution in [3.8, 4) is 5.75 Å². The van der Waals surface area contributed by atoms with E-state index in [0.29, 0.717) is 38.3 Å². The van der Waals surface area contributed by atoms with Gasteiger partial charge in [-0.1, -0.05) is 41.4 Å². The Morgan fingerprint density at radius 2 is 1.65 bits per heavy atom. The van der Waals surface area contributed by atoms with Gasteiger partial charge in [0.15, 0.2) is 0 Å². The second-order valence-corrected chi connectivity index (χ2v) is 7.41. The van der Waals surface area contributed by atoms with Crippen molar-refractivity contribution < 1.29 is 27.8 Å². The number of ether oxygens (including phenoxy) is 1. The normalized spacial score (nSPS) is 11.3. The molecule has 0 heterocycles. The zero-order valence-electron chi connectivity index (χ0n) is 15.8. The number of benzene rings is 3. The van der Waals surface area contributed by atoms with Gasteiger partial charge in [0.1, 0.15) is 12.4 Å². The van der Waals surface area contributed by atoms with E-state index in [4.69, 9.17) is 27.9 Å². The van der Waals surface area contributed by atoms with Crippen molar-refractivity contribution in [2.24, 2.45) is 0 Å². The molecule has 0 atom stereocenters. The fourth-order valence-corrected chi connectivity index (χ4v) is 3.29. The van der Waals surface area contributed by atoms with E-state index in [2.05, 4.69) is 5.32 Å². The molecule has 162 valence electrons.